The van der Waals surface area contributed by atoms with Crippen molar-refractivity contribution in [2.75, 3.05) is 46.2 Å². The van der Waals surface area contributed by atoms with Gasteiger partial charge >= 0.3 is 0 Å². The Morgan fingerprint density at radius 2 is 1.90 bits per heavy atom. The summed E-state index contributed by atoms with van der Waals surface area (Å²) < 4.78 is 39.9. The van der Waals surface area contributed by atoms with E-state index >= 15 is 0 Å². The highest BCUT2D eigenvalue weighted by Crippen LogP contribution is 2.38. The summed E-state index contributed by atoms with van der Waals surface area (Å²) in [5.41, 5.74) is 0.849. The van der Waals surface area contributed by atoms with Gasteiger partial charge in [-0.2, -0.15) is 4.31 Å². The van der Waals surface area contributed by atoms with Crippen LogP contribution in [-0.4, -0.2) is 68.5 Å². The lowest BCUT2D eigenvalue weighted by Crippen LogP contribution is -2.39. The summed E-state index contributed by atoms with van der Waals surface area (Å²) in [7, 11) is 1.98. The Balaban J connectivity index is 1.70. The highest BCUT2D eigenvalue weighted by Gasteiger charge is 2.37. The van der Waals surface area contributed by atoms with E-state index in [9.17, 15) is 8.42 Å². The molecule has 1 fully saturated rings. The number of hydrogen-bond acceptors (Lipinski definition) is 8. The van der Waals surface area contributed by atoms with Gasteiger partial charge < -0.3 is 19.7 Å². The van der Waals surface area contributed by atoms with Gasteiger partial charge in [0, 0.05) is 32.3 Å². The van der Waals surface area contributed by atoms with Crippen LogP contribution < -0.4 is 14.8 Å². The Kier molecular flexibility index (Phi) is 6.31. The minimum absolute atomic E-state index is 0.196. The molecule has 1 saturated heterocycles. The lowest BCUT2D eigenvalue weighted by Gasteiger charge is -2.34. The van der Waals surface area contributed by atoms with Crippen LogP contribution in [0.1, 0.15) is 36.8 Å². The molecule has 1 aromatic carbocycles. The molecular weight excluding hydrogens is 418 g/mol. The number of piperidine rings is 1. The topological polar surface area (TPSA) is 96.9 Å². The Bertz CT molecular complexity index is 1040. The van der Waals surface area contributed by atoms with Crippen molar-refractivity contribution < 1.29 is 17.9 Å². The van der Waals surface area contributed by atoms with E-state index < -0.39 is 16.1 Å². The number of ether oxygens (including phenoxy) is 2. The molecule has 168 valence electrons. The van der Waals surface area contributed by atoms with Crippen molar-refractivity contribution >= 4 is 15.8 Å². The number of anilines is 1. The molecule has 2 aliphatic rings. The van der Waals surface area contributed by atoms with Gasteiger partial charge in [-0.3, -0.25) is 0 Å². The van der Waals surface area contributed by atoms with Gasteiger partial charge in [0.05, 0.1) is 16.6 Å². The average Bonchev–Trinajstić information content (AvgIpc) is 2.78. The summed E-state index contributed by atoms with van der Waals surface area (Å²) in [5, 5.41) is 3.07. The normalized spacial score (nSPS) is 19.4. The molecule has 2 aliphatic heterocycles. The van der Waals surface area contributed by atoms with E-state index in [1.165, 1.54) is 4.31 Å². The van der Waals surface area contributed by atoms with Gasteiger partial charge in [-0.25, -0.2) is 18.4 Å². The summed E-state index contributed by atoms with van der Waals surface area (Å²) >= 11 is 0. The molecule has 4 rings (SSSR count). The smallest absolute Gasteiger partial charge is 0.243 e. The zero-order valence-corrected chi connectivity index (χ0v) is 19.0. The maximum absolute atomic E-state index is 13.6. The highest BCUT2D eigenvalue weighted by atomic mass is 32.2. The number of nitrogens with one attached hydrogen (secondary N) is 1. The third-order valence-electron chi connectivity index (χ3n) is 5.40. The average molecular weight is 448 g/mol. The van der Waals surface area contributed by atoms with E-state index in [1.54, 1.807) is 25.2 Å². The van der Waals surface area contributed by atoms with Crippen LogP contribution in [0.3, 0.4) is 0 Å². The Hall–Kier alpha value is -2.43. The summed E-state index contributed by atoms with van der Waals surface area (Å²) in [4.78, 5) is 11.6. The molecule has 1 unspecified atom stereocenters. The highest BCUT2D eigenvalue weighted by molar-refractivity contribution is 7.89. The Morgan fingerprint density at radius 3 is 2.65 bits per heavy atom. The largest absolute Gasteiger partial charge is 0.486 e. The molecule has 1 atom stereocenters. The molecule has 1 aromatic heterocycles. The minimum atomic E-state index is -3.76. The van der Waals surface area contributed by atoms with Crippen LogP contribution in [-0.2, 0) is 16.6 Å². The van der Waals surface area contributed by atoms with Crippen molar-refractivity contribution in [1.29, 1.82) is 0 Å². The van der Waals surface area contributed by atoms with Crippen LogP contribution in [0, 0.1) is 0 Å². The van der Waals surface area contributed by atoms with E-state index in [1.807, 2.05) is 25.1 Å². The fourth-order valence-electron chi connectivity index (χ4n) is 3.97. The SMILES string of the molecule is CNc1cc(CN(C)C)nc(C2CCCCN2S(=O)(=O)c2ccc3c(c2)OCCO3)n1. The van der Waals surface area contributed by atoms with Gasteiger partial charge in [0.25, 0.3) is 0 Å². The fraction of sp³-hybridized carbons (Fsp3) is 0.524. The van der Waals surface area contributed by atoms with Crippen LogP contribution in [0.15, 0.2) is 29.2 Å². The standard InChI is InChI=1S/C21H29N5O4S/c1-22-20-12-15(14-25(2)3)23-21(24-20)17-6-4-5-9-26(17)31(27,28)16-7-8-18-19(13-16)30-11-10-29-18/h7-8,12-13,17H,4-6,9-11,14H2,1-3H3,(H,22,23,24). The van der Waals surface area contributed by atoms with E-state index in [-0.39, 0.29) is 4.90 Å². The number of sulfonamides is 1. The van der Waals surface area contributed by atoms with Gasteiger partial charge in [-0.1, -0.05) is 6.42 Å². The molecule has 9 nitrogen and oxygen atoms in total. The molecule has 0 saturated carbocycles. The summed E-state index contributed by atoms with van der Waals surface area (Å²) in [6.45, 7) is 1.94. The van der Waals surface area contributed by atoms with Gasteiger partial charge in [-0.05, 0) is 39.1 Å². The first-order valence-electron chi connectivity index (χ1n) is 10.5. The number of hydrogen-bond donors (Lipinski definition) is 1. The van der Waals surface area contributed by atoms with Crippen LogP contribution in [0.5, 0.6) is 11.5 Å². The molecule has 0 aliphatic carbocycles. The van der Waals surface area contributed by atoms with Gasteiger partial charge in [0.15, 0.2) is 11.5 Å². The summed E-state index contributed by atoms with van der Waals surface area (Å²) in [5.74, 6) is 2.25. The number of rotatable bonds is 6. The number of benzene rings is 1. The lowest BCUT2D eigenvalue weighted by molar-refractivity contribution is 0.171. The molecule has 1 N–H and O–H groups in total. The zero-order valence-electron chi connectivity index (χ0n) is 18.2. The molecular formula is C21H29N5O4S. The van der Waals surface area contributed by atoms with Crippen molar-refractivity contribution in [3.8, 4) is 11.5 Å². The maximum Gasteiger partial charge on any atom is 0.243 e. The van der Waals surface area contributed by atoms with Crippen molar-refractivity contribution in [3.05, 3.63) is 35.8 Å². The van der Waals surface area contributed by atoms with Crippen molar-refractivity contribution in [3.63, 3.8) is 0 Å². The van der Waals surface area contributed by atoms with Crippen LogP contribution >= 0.6 is 0 Å². The first kappa shape index (κ1) is 21.8. The van der Waals surface area contributed by atoms with E-state index in [0.717, 1.165) is 18.5 Å². The van der Waals surface area contributed by atoms with E-state index in [4.69, 9.17) is 14.5 Å². The van der Waals surface area contributed by atoms with Crippen LogP contribution in [0.4, 0.5) is 5.82 Å². The van der Waals surface area contributed by atoms with E-state index in [2.05, 4.69) is 10.3 Å². The first-order valence-corrected chi connectivity index (χ1v) is 11.9. The molecule has 31 heavy (non-hydrogen) atoms. The Morgan fingerprint density at radius 1 is 1.13 bits per heavy atom. The van der Waals surface area contributed by atoms with E-state index in [0.29, 0.717) is 55.9 Å². The zero-order chi connectivity index (χ0) is 22.0. The molecule has 3 heterocycles. The van der Waals surface area contributed by atoms with Crippen molar-refractivity contribution in [1.82, 2.24) is 19.2 Å². The van der Waals surface area contributed by atoms with Gasteiger partial charge in [0.2, 0.25) is 10.0 Å². The second kappa shape index (κ2) is 8.97. The minimum Gasteiger partial charge on any atom is -0.486 e. The summed E-state index contributed by atoms with van der Waals surface area (Å²) in [6, 6.07) is 6.27. The molecule has 0 radical (unpaired) electrons. The maximum atomic E-state index is 13.6. The molecule has 10 heteroatoms. The van der Waals surface area contributed by atoms with Crippen LogP contribution in [0.25, 0.3) is 0 Å². The number of fused-ring (bicyclic) bond motifs is 1. The van der Waals surface area contributed by atoms with Crippen LogP contribution in [0.2, 0.25) is 0 Å². The number of nitrogens with zero attached hydrogens (tertiary/aromatic N) is 4. The third kappa shape index (κ3) is 4.60. The predicted molar refractivity (Wildman–Crippen MR) is 117 cm³/mol. The third-order valence-corrected chi connectivity index (χ3v) is 7.31. The second-order valence-electron chi connectivity index (χ2n) is 8.02. The predicted octanol–water partition coefficient (Wildman–Crippen LogP) is 2.27. The van der Waals surface area contributed by atoms with Gasteiger partial charge in [0.1, 0.15) is 24.9 Å². The fourth-order valence-corrected chi connectivity index (χ4v) is 5.64. The van der Waals surface area contributed by atoms with Crippen molar-refractivity contribution in [2.24, 2.45) is 0 Å². The van der Waals surface area contributed by atoms with Crippen molar-refractivity contribution in [2.45, 2.75) is 36.7 Å². The lowest BCUT2D eigenvalue weighted by atomic mass is 10.0. The summed E-state index contributed by atoms with van der Waals surface area (Å²) in [6.07, 6.45) is 2.41. The monoisotopic (exact) mass is 447 g/mol. The molecule has 0 amide bonds. The van der Waals surface area contributed by atoms with Gasteiger partial charge in [-0.15, -0.1) is 0 Å². The Labute approximate surface area is 183 Å². The number of aromatic nitrogens is 2. The first-order chi connectivity index (χ1) is 14.9. The molecule has 2 aromatic rings. The molecule has 0 spiro atoms. The second-order valence-corrected chi connectivity index (χ2v) is 9.91. The quantitative estimate of drug-likeness (QED) is 0.720. The molecule has 0 bridgehead atoms.